The Morgan fingerprint density at radius 1 is 1.38 bits per heavy atom. The van der Waals surface area contributed by atoms with Crippen molar-refractivity contribution in [3.63, 3.8) is 0 Å². The lowest BCUT2D eigenvalue weighted by Crippen LogP contribution is -2.53. The molecule has 21 heavy (non-hydrogen) atoms. The highest BCUT2D eigenvalue weighted by atomic mass is 79.9. The quantitative estimate of drug-likeness (QED) is 0.880. The second-order valence-corrected chi connectivity index (χ2v) is 6.28. The molecule has 1 aromatic rings. The third kappa shape index (κ3) is 4.26. The van der Waals surface area contributed by atoms with E-state index in [2.05, 4.69) is 39.8 Å². The fourth-order valence-electron chi connectivity index (χ4n) is 2.55. The summed E-state index contributed by atoms with van der Waals surface area (Å²) in [6.45, 7) is 6.27. The van der Waals surface area contributed by atoms with E-state index in [1.54, 1.807) is 12.1 Å². The molecule has 0 amide bonds. The van der Waals surface area contributed by atoms with Gasteiger partial charge in [0, 0.05) is 30.1 Å². The van der Waals surface area contributed by atoms with Crippen LogP contribution in [-0.2, 0) is 0 Å². The van der Waals surface area contributed by atoms with Gasteiger partial charge in [-0.2, -0.15) is 0 Å². The van der Waals surface area contributed by atoms with Crippen LogP contribution in [0.3, 0.4) is 0 Å². The second kappa shape index (κ2) is 6.44. The number of benzene rings is 1. The fraction of sp³-hybridized carbons (Fsp3) is 0.571. The molecule has 1 aliphatic heterocycles. The molecular weight excluding hydrogens is 349 g/mol. The summed E-state index contributed by atoms with van der Waals surface area (Å²) in [7, 11) is 0. The van der Waals surface area contributed by atoms with Crippen LogP contribution in [0.1, 0.15) is 13.8 Å². The smallest absolute Gasteiger partial charge is 0.404 e. The van der Waals surface area contributed by atoms with Crippen LogP contribution in [0.5, 0.6) is 5.75 Å². The number of nitrogens with zero attached hydrogens (tertiary/aromatic N) is 1. The average molecular weight is 367 g/mol. The van der Waals surface area contributed by atoms with E-state index >= 15 is 0 Å². The predicted octanol–water partition coefficient (Wildman–Crippen LogP) is 3.78. The van der Waals surface area contributed by atoms with Crippen LogP contribution in [0, 0.1) is 5.92 Å². The second-order valence-electron chi connectivity index (χ2n) is 5.37. The van der Waals surface area contributed by atoms with Gasteiger partial charge in [-0.15, -0.1) is 13.2 Å². The summed E-state index contributed by atoms with van der Waals surface area (Å²) in [5.41, 5.74) is 0.482. The van der Waals surface area contributed by atoms with E-state index in [-0.39, 0.29) is 11.8 Å². The first-order chi connectivity index (χ1) is 9.78. The van der Waals surface area contributed by atoms with E-state index in [1.807, 2.05) is 4.90 Å². The zero-order valence-corrected chi connectivity index (χ0v) is 13.5. The standard InChI is InChI=1S/C14H18BrF3N2O/c1-9(2)12-8-19-5-6-20(12)11-4-3-10(15)7-13(11)21-14(16,17)18/h3-4,7,9,12,19H,5-6,8H2,1-2H3. The van der Waals surface area contributed by atoms with Gasteiger partial charge >= 0.3 is 6.36 Å². The minimum absolute atomic E-state index is 0.135. The topological polar surface area (TPSA) is 24.5 Å². The number of alkyl halides is 3. The summed E-state index contributed by atoms with van der Waals surface area (Å²) < 4.78 is 42.6. The van der Waals surface area contributed by atoms with E-state index in [4.69, 9.17) is 0 Å². The summed E-state index contributed by atoms with van der Waals surface area (Å²) >= 11 is 3.19. The number of anilines is 1. The molecular formula is C14H18BrF3N2O. The Bertz CT molecular complexity index is 494. The molecule has 1 atom stereocenters. The molecule has 0 saturated carbocycles. The van der Waals surface area contributed by atoms with E-state index in [0.717, 1.165) is 13.1 Å². The summed E-state index contributed by atoms with van der Waals surface area (Å²) in [5.74, 6) is 0.157. The molecule has 0 aliphatic carbocycles. The molecule has 1 aromatic carbocycles. The zero-order valence-electron chi connectivity index (χ0n) is 11.9. The Labute approximate surface area is 130 Å². The van der Waals surface area contributed by atoms with Crippen molar-refractivity contribution in [1.82, 2.24) is 5.32 Å². The van der Waals surface area contributed by atoms with Crippen LogP contribution < -0.4 is 15.0 Å². The maximum absolute atomic E-state index is 12.6. The Kier molecular flexibility index (Phi) is 5.03. The van der Waals surface area contributed by atoms with Crippen molar-refractivity contribution in [1.29, 1.82) is 0 Å². The number of piperazine rings is 1. The van der Waals surface area contributed by atoms with Crippen LogP contribution >= 0.6 is 15.9 Å². The molecule has 118 valence electrons. The maximum atomic E-state index is 12.6. The molecule has 0 spiro atoms. The third-order valence-corrected chi connectivity index (χ3v) is 4.00. The lowest BCUT2D eigenvalue weighted by molar-refractivity contribution is -0.274. The molecule has 1 saturated heterocycles. The zero-order chi connectivity index (χ0) is 15.6. The summed E-state index contributed by atoms with van der Waals surface area (Å²) in [6.07, 6.45) is -4.70. The van der Waals surface area contributed by atoms with Gasteiger partial charge in [0.25, 0.3) is 0 Å². The maximum Gasteiger partial charge on any atom is 0.573 e. The van der Waals surface area contributed by atoms with Gasteiger partial charge in [-0.3, -0.25) is 0 Å². The first kappa shape index (κ1) is 16.4. The molecule has 0 bridgehead atoms. The summed E-state index contributed by atoms with van der Waals surface area (Å²) in [4.78, 5) is 1.99. The van der Waals surface area contributed by atoms with E-state index < -0.39 is 6.36 Å². The molecule has 0 radical (unpaired) electrons. The monoisotopic (exact) mass is 366 g/mol. The van der Waals surface area contributed by atoms with Gasteiger partial charge in [-0.1, -0.05) is 29.8 Å². The minimum Gasteiger partial charge on any atom is -0.404 e. The van der Waals surface area contributed by atoms with Gasteiger partial charge < -0.3 is 15.0 Å². The minimum atomic E-state index is -4.70. The van der Waals surface area contributed by atoms with Crippen molar-refractivity contribution in [3.05, 3.63) is 22.7 Å². The van der Waals surface area contributed by atoms with E-state index in [1.165, 1.54) is 6.07 Å². The third-order valence-electron chi connectivity index (χ3n) is 3.51. The highest BCUT2D eigenvalue weighted by Crippen LogP contribution is 2.37. The van der Waals surface area contributed by atoms with Crippen molar-refractivity contribution in [2.75, 3.05) is 24.5 Å². The molecule has 1 aliphatic rings. The molecule has 2 rings (SSSR count). The largest absolute Gasteiger partial charge is 0.573 e. The first-order valence-corrected chi connectivity index (χ1v) is 7.60. The predicted molar refractivity (Wildman–Crippen MR) is 79.7 cm³/mol. The number of hydrogen-bond acceptors (Lipinski definition) is 3. The highest BCUT2D eigenvalue weighted by molar-refractivity contribution is 9.10. The fourth-order valence-corrected chi connectivity index (χ4v) is 2.89. The van der Waals surface area contributed by atoms with Crippen LogP contribution in [0.2, 0.25) is 0 Å². The molecule has 1 fully saturated rings. The Hall–Kier alpha value is -0.950. The average Bonchev–Trinajstić information content (AvgIpc) is 2.37. The van der Waals surface area contributed by atoms with Gasteiger partial charge in [0.2, 0.25) is 0 Å². The SMILES string of the molecule is CC(C)C1CNCCN1c1ccc(Br)cc1OC(F)(F)F. The number of rotatable bonds is 3. The van der Waals surface area contributed by atoms with Gasteiger partial charge in [0.1, 0.15) is 0 Å². The van der Waals surface area contributed by atoms with Crippen molar-refractivity contribution >= 4 is 21.6 Å². The molecule has 1 N–H and O–H groups in total. The van der Waals surface area contributed by atoms with Crippen molar-refractivity contribution in [2.24, 2.45) is 5.92 Å². The lowest BCUT2D eigenvalue weighted by atomic mass is 9.99. The number of nitrogens with one attached hydrogen (secondary N) is 1. The Morgan fingerprint density at radius 2 is 2.10 bits per heavy atom. The van der Waals surface area contributed by atoms with Gasteiger partial charge in [-0.05, 0) is 24.1 Å². The van der Waals surface area contributed by atoms with Crippen LogP contribution in [0.15, 0.2) is 22.7 Å². The van der Waals surface area contributed by atoms with Crippen molar-refractivity contribution < 1.29 is 17.9 Å². The normalized spacial score (nSPS) is 20.0. The molecule has 0 aromatic heterocycles. The van der Waals surface area contributed by atoms with Crippen LogP contribution in [0.4, 0.5) is 18.9 Å². The van der Waals surface area contributed by atoms with E-state index in [9.17, 15) is 13.2 Å². The van der Waals surface area contributed by atoms with Crippen molar-refractivity contribution in [3.8, 4) is 5.75 Å². The Morgan fingerprint density at radius 3 is 2.71 bits per heavy atom. The summed E-state index contributed by atoms with van der Waals surface area (Å²) in [6, 6.07) is 4.90. The molecule has 1 unspecified atom stereocenters. The number of ether oxygens (including phenoxy) is 1. The van der Waals surface area contributed by atoms with Gasteiger partial charge in [-0.25, -0.2) is 0 Å². The van der Waals surface area contributed by atoms with E-state index in [0.29, 0.717) is 22.6 Å². The molecule has 7 heteroatoms. The lowest BCUT2D eigenvalue weighted by Gasteiger charge is -2.41. The Balaban J connectivity index is 2.37. The van der Waals surface area contributed by atoms with Crippen LogP contribution in [0.25, 0.3) is 0 Å². The van der Waals surface area contributed by atoms with Gasteiger partial charge in [0.15, 0.2) is 5.75 Å². The number of halogens is 4. The highest BCUT2D eigenvalue weighted by Gasteiger charge is 2.34. The number of hydrogen-bond donors (Lipinski definition) is 1. The first-order valence-electron chi connectivity index (χ1n) is 6.80. The van der Waals surface area contributed by atoms with Crippen molar-refractivity contribution in [2.45, 2.75) is 26.3 Å². The van der Waals surface area contributed by atoms with Gasteiger partial charge in [0.05, 0.1) is 5.69 Å². The molecule has 3 nitrogen and oxygen atoms in total. The summed E-state index contributed by atoms with van der Waals surface area (Å²) in [5, 5.41) is 3.28. The van der Waals surface area contributed by atoms with Crippen LogP contribution in [-0.4, -0.2) is 32.0 Å². The molecule has 1 heterocycles.